The Balaban J connectivity index is 2.72. The molecule has 0 fully saturated rings. The van der Waals surface area contributed by atoms with Crippen LogP contribution in [0.3, 0.4) is 0 Å². The molecule has 7 nitrogen and oxygen atoms in total. The first-order valence-electron chi connectivity index (χ1n) is 5.88. The molecule has 1 rings (SSSR count). The Bertz CT molecular complexity index is 606. The van der Waals surface area contributed by atoms with Crippen LogP contribution in [0.2, 0.25) is 0 Å². The van der Waals surface area contributed by atoms with E-state index in [4.69, 9.17) is 5.11 Å². The van der Waals surface area contributed by atoms with Crippen molar-refractivity contribution in [2.75, 3.05) is 13.1 Å². The van der Waals surface area contributed by atoms with E-state index in [9.17, 15) is 18.0 Å². The molecule has 0 aliphatic carbocycles. The van der Waals surface area contributed by atoms with Crippen LogP contribution in [-0.2, 0) is 14.8 Å². The van der Waals surface area contributed by atoms with Gasteiger partial charge in [0.15, 0.2) is 0 Å². The van der Waals surface area contributed by atoms with Gasteiger partial charge < -0.3 is 10.4 Å². The van der Waals surface area contributed by atoms with Crippen LogP contribution in [0, 0.1) is 6.92 Å². The Morgan fingerprint density at radius 1 is 1.40 bits per heavy atom. The standard InChI is InChI=1S/C11H16N2O5S2/c1-3-12-8(14)4-5-13-20(17,18)9-6-7(2)10(19-9)11(15)16/h6,13H,3-5H2,1-2H3,(H,12,14)(H,15,16). The summed E-state index contributed by atoms with van der Waals surface area (Å²) in [5, 5.41) is 11.4. The summed E-state index contributed by atoms with van der Waals surface area (Å²) in [5.74, 6) is -1.40. The Morgan fingerprint density at radius 2 is 2.05 bits per heavy atom. The summed E-state index contributed by atoms with van der Waals surface area (Å²) >= 11 is 0.693. The lowest BCUT2D eigenvalue weighted by Gasteiger charge is -2.04. The van der Waals surface area contributed by atoms with Crippen molar-refractivity contribution in [3.05, 3.63) is 16.5 Å². The van der Waals surface area contributed by atoms with Gasteiger partial charge in [-0.1, -0.05) is 0 Å². The number of rotatable bonds is 7. The van der Waals surface area contributed by atoms with E-state index in [0.717, 1.165) is 0 Å². The Labute approximate surface area is 121 Å². The molecular formula is C11H16N2O5S2. The van der Waals surface area contributed by atoms with E-state index in [1.807, 2.05) is 0 Å². The SMILES string of the molecule is CCNC(=O)CCNS(=O)(=O)c1cc(C)c(C(=O)O)s1. The average molecular weight is 320 g/mol. The van der Waals surface area contributed by atoms with E-state index >= 15 is 0 Å². The predicted molar refractivity (Wildman–Crippen MR) is 74.5 cm³/mol. The van der Waals surface area contributed by atoms with Gasteiger partial charge in [0.1, 0.15) is 9.09 Å². The lowest BCUT2D eigenvalue weighted by Crippen LogP contribution is -2.30. The number of aryl methyl sites for hydroxylation is 1. The second-order valence-corrected chi connectivity index (χ2v) is 7.03. The van der Waals surface area contributed by atoms with Crippen LogP contribution in [0.5, 0.6) is 0 Å². The summed E-state index contributed by atoms with van der Waals surface area (Å²) in [6.07, 6.45) is 0.0310. The fourth-order valence-corrected chi connectivity index (χ4v) is 3.91. The summed E-state index contributed by atoms with van der Waals surface area (Å²) < 4.78 is 26.1. The van der Waals surface area contributed by atoms with Crippen molar-refractivity contribution in [1.82, 2.24) is 10.0 Å². The van der Waals surface area contributed by atoms with Crippen LogP contribution < -0.4 is 10.0 Å². The maximum absolute atomic E-state index is 11.9. The molecule has 9 heteroatoms. The number of carbonyl (C=O) groups excluding carboxylic acids is 1. The van der Waals surface area contributed by atoms with E-state index in [2.05, 4.69) is 10.0 Å². The van der Waals surface area contributed by atoms with Crippen molar-refractivity contribution in [1.29, 1.82) is 0 Å². The predicted octanol–water partition coefficient (Wildman–Crippen LogP) is 0.559. The van der Waals surface area contributed by atoms with Gasteiger partial charge in [-0.2, -0.15) is 0 Å². The zero-order chi connectivity index (χ0) is 15.3. The second-order valence-electron chi connectivity index (χ2n) is 3.98. The van der Waals surface area contributed by atoms with E-state index in [1.165, 1.54) is 13.0 Å². The highest BCUT2D eigenvalue weighted by Crippen LogP contribution is 2.25. The Kier molecular flexibility index (Phi) is 5.66. The highest BCUT2D eigenvalue weighted by Gasteiger charge is 2.21. The smallest absolute Gasteiger partial charge is 0.346 e. The molecule has 0 radical (unpaired) electrons. The number of nitrogens with one attached hydrogen (secondary N) is 2. The molecular weight excluding hydrogens is 304 g/mol. The summed E-state index contributed by atoms with van der Waals surface area (Å²) in [4.78, 5) is 22.1. The van der Waals surface area contributed by atoms with E-state index in [-0.39, 0.29) is 28.0 Å². The molecule has 1 aromatic heterocycles. The lowest BCUT2D eigenvalue weighted by atomic mass is 10.3. The number of thiophene rings is 1. The maximum atomic E-state index is 11.9. The molecule has 0 aliphatic rings. The zero-order valence-corrected chi connectivity index (χ0v) is 12.7. The number of hydrogen-bond donors (Lipinski definition) is 3. The molecule has 0 aromatic carbocycles. The molecule has 0 bridgehead atoms. The lowest BCUT2D eigenvalue weighted by molar-refractivity contribution is -0.120. The molecule has 112 valence electrons. The minimum Gasteiger partial charge on any atom is -0.477 e. The van der Waals surface area contributed by atoms with Crippen LogP contribution in [0.4, 0.5) is 0 Å². The van der Waals surface area contributed by atoms with Crippen LogP contribution in [0.25, 0.3) is 0 Å². The van der Waals surface area contributed by atoms with Gasteiger partial charge in [-0.25, -0.2) is 17.9 Å². The van der Waals surface area contributed by atoms with Crippen LogP contribution in [0.1, 0.15) is 28.6 Å². The molecule has 1 heterocycles. The number of aromatic carboxylic acids is 1. The van der Waals surface area contributed by atoms with Crippen LogP contribution in [-0.4, -0.2) is 38.5 Å². The number of sulfonamides is 1. The third kappa shape index (κ3) is 4.29. The van der Waals surface area contributed by atoms with Gasteiger partial charge >= 0.3 is 5.97 Å². The molecule has 0 unspecified atom stereocenters. The van der Waals surface area contributed by atoms with Crippen molar-refractivity contribution in [3.8, 4) is 0 Å². The molecule has 20 heavy (non-hydrogen) atoms. The first-order valence-corrected chi connectivity index (χ1v) is 8.18. The number of hydrogen-bond acceptors (Lipinski definition) is 5. The summed E-state index contributed by atoms with van der Waals surface area (Å²) in [6.45, 7) is 3.75. The first kappa shape index (κ1) is 16.6. The second kappa shape index (κ2) is 6.82. The molecule has 1 amide bonds. The fraction of sp³-hybridized carbons (Fsp3) is 0.455. The van der Waals surface area contributed by atoms with Gasteiger partial charge in [0.2, 0.25) is 15.9 Å². The number of carboxylic acid groups (broad SMARTS) is 1. The first-order chi connectivity index (χ1) is 9.27. The molecule has 0 spiro atoms. The topological polar surface area (TPSA) is 113 Å². The third-order valence-corrected chi connectivity index (χ3v) is 5.53. The van der Waals surface area contributed by atoms with E-state index < -0.39 is 16.0 Å². The van der Waals surface area contributed by atoms with Gasteiger partial charge in [0.05, 0.1) is 0 Å². The summed E-state index contributed by atoms with van der Waals surface area (Å²) in [6, 6.07) is 1.31. The highest BCUT2D eigenvalue weighted by molar-refractivity contribution is 7.91. The zero-order valence-electron chi connectivity index (χ0n) is 11.1. The van der Waals surface area contributed by atoms with Gasteiger partial charge in [0.25, 0.3) is 0 Å². The van der Waals surface area contributed by atoms with Crippen molar-refractivity contribution in [2.45, 2.75) is 24.5 Å². The Hall–Kier alpha value is -1.45. The van der Waals surface area contributed by atoms with Crippen molar-refractivity contribution in [2.24, 2.45) is 0 Å². The number of carbonyl (C=O) groups is 2. The third-order valence-electron chi connectivity index (χ3n) is 2.37. The molecule has 0 aliphatic heterocycles. The average Bonchev–Trinajstić information content (AvgIpc) is 2.72. The largest absolute Gasteiger partial charge is 0.477 e. The quantitative estimate of drug-likeness (QED) is 0.679. The molecule has 0 saturated heterocycles. The Morgan fingerprint density at radius 3 is 2.55 bits per heavy atom. The number of amides is 1. The highest BCUT2D eigenvalue weighted by atomic mass is 32.2. The molecule has 1 aromatic rings. The van der Waals surface area contributed by atoms with E-state index in [0.29, 0.717) is 23.4 Å². The van der Waals surface area contributed by atoms with Crippen LogP contribution in [0.15, 0.2) is 10.3 Å². The molecule has 0 saturated carbocycles. The van der Waals surface area contributed by atoms with Crippen molar-refractivity contribution in [3.63, 3.8) is 0 Å². The maximum Gasteiger partial charge on any atom is 0.346 e. The molecule has 3 N–H and O–H groups in total. The summed E-state index contributed by atoms with van der Waals surface area (Å²) in [5.41, 5.74) is 0.395. The van der Waals surface area contributed by atoms with Gasteiger partial charge in [-0.3, -0.25) is 4.79 Å². The van der Waals surface area contributed by atoms with Crippen LogP contribution >= 0.6 is 11.3 Å². The summed E-state index contributed by atoms with van der Waals surface area (Å²) in [7, 11) is -3.78. The van der Waals surface area contributed by atoms with Crippen molar-refractivity contribution >= 4 is 33.2 Å². The molecule has 0 atom stereocenters. The van der Waals surface area contributed by atoms with Gasteiger partial charge in [-0.05, 0) is 25.5 Å². The fourth-order valence-electron chi connectivity index (χ4n) is 1.45. The minimum absolute atomic E-state index is 0.00546. The monoisotopic (exact) mass is 320 g/mol. The number of carboxylic acids is 1. The van der Waals surface area contributed by atoms with Gasteiger partial charge in [-0.15, -0.1) is 11.3 Å². The van der Waals surface area contributed by atoms with Crippen molar-refractivity contribution < 1.29 is 23.1 Å². The van der Waals surface area contributed by atoms with E-state index in [1.54, 1.807) is 6.92 Å². The normalized spacial score (nSPS) is 11.3. The minimum atomic E-state index is -3.78. The van der Waals surface area contributed by atoms with Gasteiger partial charge in [0, 0.05) is 19.5 Å².